The number of likely N-dealkylation sites (tertiary alicyclic amines) is 1. The molecule has 1 N–H and O–H groups in total. The molecule has 1 unspecified atom stereocenters. The van der Waals surface area contributed by atoms with Crippen LogP contribution >= 0.6 is 0 Å². The minimum absolute atomic E-state index is 0.253. The highest BCUT2D eigenvalue weighted by molar-refractivity contribution is 5.43. The van der Waals surface area contributed by atoms with Gasteiger partial charge in [0, 0.05) is 39.3 Å². The van der Waals surface area contributed by atoms with E-state index in [-0.39, 0.29) is 6.61 Å². The molecule has 7 nitrogen and oxygen atoms in total. The number of hydrogen-bond acceptors (Lipinski definition) is 7. The first-order valence-corrected chi connectivity index (χ1v) is 10.8. The van der Waals surface area contributed by atoms with Crippen molar-refractivity contribution in [2.75, 3.05) is 79.8 Å². The van der Waals surface area contributed by atoms with E-state index >= 15 is 0 Å². The van der Waals surface area contributed by atoms with Crippen molar-refractivity contribution in [2.24, 2.45) is 0 Å². The zero-order valence-electron chi connectivity index (χ0n) is 18.0. The van der Waals surface area contributed by atoms with Gasteiger partial charge in [-0.15, -0.1) is 0 Å². The van der Waals surface area contributed by atoms with Gasteiger partial charge < -0.3 is 29.1 Å². The molecule has 0 bridgehead atoms. The summed E-state index contributed by atoms with van der Waals surface area (Å²) >= 11 is 0. The third-order valence-electron chi connectivity index (χ3n) is 5.68. The van der Waals surface area contributed by atoms with Gasteiger partial charge in [0.05, 0.1) is 20.3 Å². The highest BCUT2D eigenvalue weighted by Crippen LogP contribution is 2.28. The topological polar surface area (TPSA) is 57.6 Å². The summed E-state index contributed by atoms with van der Waals surface area (Å²) in [5, 5.41) is 10.3. The minimum atomic E-state index is -0.533. The van der Waals surface area contributed by atoms with Crippen LogP contribution < -0.4 is 9.47 Å². The molecule has 7 heteroatoms. The van der Waals surface area contributed by atoms with Crippen LogP contribution in [0.3, 0.4) is 0 Å². The number of methoxy groups -OCH3 is 1. The van der Waals surface area contributed by atoms with Gasteiger partial charge in [0.2, 0.25) is 0 Å². The zero-order chi connectivity index (χ0) is 20.5. The maximum absolute atomic E-state index is 10.3. The number of aliphatic hydroxyl groups is 1. The molecular formula is C22H37N3O4. The summed E-state index contributed by atoms with van der Waals surface area (Å²) in [6.07, 6.45) is 2.14. The number of hydrogen-bond donors (Lipinski definition) is 1. The molecule has 1 atom stereocenters. The second kappa shape index (κ2) is 11.7. The third kappa shape index (κ3) is 7.42. The average Bonchev–Trinajstić information content (AvgIpc) is 3.25. The van der Waals surface area contributed by atoms with Gasteiger partial charge in [0.1, 0.15) is 12.7 Å². The van der Waals surface area contributed by atoms with Gasteiger partial charge in [-0.3, -0.25) is 4.90 Å². The van der Waals surface area contributed by atoms with Gasteiger partial charge in [0.25, 0.3) is 0 Å². The fourth-order valence-electron chi connectivity index (χ4n) is 3.96. The molecule has 0 spiro atoms. The third-order valence-corrected chi connectivity index (χ3v) is 5.68. The van der Waals surface area contributed by atoms with Crippen LogP contribution in [0.25, 0.3) is 0 Å². The summed E-state index contributed by atoms with van der Waals surface area (Å²) in [4.78, 5) is 7.09. The van der Waals surface area contributed by atoms with E-state index in [1.54, 1.807) is 7.11 Å². The van der Waals surface area contributed by atoms with E-state index in [0.717, 1.165) is 45.9 Å². The summed E-state index contributed by atoms with van der Waals surface area (Å²) in [5.74, 6) is 1.39. The highest BCUT2D eigenvalue weighted by Gasteiger charge is 2.17. The molecule has 29 heavy (non-hydrogen) atoms. The molecule has 0 amide bonds. The van der Waals surface area contributed by atoms with Crippen LogP contribution in [0.15, 0.2) is 18.2 Å². The lowest BCUT2D eigenvalue weighted by Crippen LogP contribution is -2.42. The van der Waals surface area contributed by atoms with Crippen LogP contribution in [-0.2, 0) is 11.3 Å². The maximum atomic E-state index is 10.3. The monoisotopic (exact) mass is 407 g/mol. The lowest BCUT2D eigenvalue weighted by molar-refractivity contribution is 0.00445. The molecule has 0 radical (unpaired) electrons. The Balaban J connectivity index is 1.44. The van der Waals surface area contributed by atoms with Crippen molar-refractivity contribution in [3.8, 4) is 11.5 Å². The standard InChI is InChI=1S/C22H37N3O4/c1-23(9-10-24-7-3-4-8-24)16-19-5-6-21(22(15-19)27-2)29-18-20(26)17-25-11-13-28-14-12-25/h5-6,15,20,26H,3-4,7-14,16-18H2,1-2H3. The van der Waals surface area contributed by atoms with Gasteiger partial charge in [0.15, 0.2) is 11.5 Å². The smallest absolute Gasteiger partial charge is 0.161 e. The summed E-state index contributed by atoms with van der Waals surface area (Å²) in [6.45, 7) is 9.60. The molecule has 1 aromatic carbocycles. The van der Waals surface area contributed by atoms with Gasteiger partial charge in [-0.05, 0) is 50.7 Å². The molecule has 0 aromatic heterocycles. The molecule has 1 aromatic rings. The number of β-amino-alcohol motifs (C(OH)–C–C–N with tert-alkyl or cyclic N) is 1. The Kier molecular flexibility index (Phi) is 9.01. The van der Waals surface area contributed by atoms with E-state index < -0.39 is 6.10 Å². The molecule has 3 rings (SSSR count). The Hall–Kier alpha value is -1.38. The van der Waals surface area contributed by atoms with Crippen molar-refractivity contribution in [3.63, 3.8) is 0 Å². The van der Waals surface area contributed by atoms with E-state index in [1.165, 1.54) is 31.5 Å². The summed E-state index contributed by atoms with van der Waals surface area (Å²) < 4.78 is 16.7. The Morgan fingerprint density at radius 1 is 1.10 bits per heavy atom. The highest BCUT2D eigenvalue weighted by atomic mass is 16.5. The van der Waals surface area contributed by atoms with Crippen molar-refractivity contribution in [1.29, 1.82) is 0 Å². The number of benzene rings is 1. The minimum Gasteiger partial charge on any atom is -0.493 e. The molecule has 2 aliphatic heterocycles. The van der Waals surface area contributed by atoms with Gasteiger partial charge in [-0.25, -0.2) is 0 Å². The largest absolute Gasteiger partial charge is 0.493 e. The zero-order valence-corrected chi connectivity index (χ0v) is 18.0. The van der Waals surface area contributed by atoms with Crippen molar-refractivity contribution >= 4 is 0 Å². The van der Waals surface area contributed by atoms with Crippen LogP contribution in [-0.4, -0.2) is 106 Å². The Morgan fingerprint density at radius 3 is 2.59 bits per heavy atom. The fraction of sp³-hybridized carbons (Fsp3) is 0.727. The number of morpholine rings is 1. The summed E-state index contributed by atoms with van der Waals surface area (Å²) in [7, 11) is 3.82. The van der Waals surface area contributed by atoms with E-state index in [9.17, 15) is 5.11 Å². The molecule has 2 aliphatic rings. The number of likely N-dealkylation sites (N-methyl/N-ethyl adjacent to an activating group) is 1. The quantitative estimate of drug-likeness (QED) is 0.593. The molecule has 0 saturated carbocycles. The van der Waals surface area contributed by atoms with E-state index in [0.29, 0.717) is 18.0 Å². The SMILES string of the molecule is COc1cc(CN(C)CCN2CCCC2)ccc1OCC(O)CN1CCOCC1. The predicted molar refractivity (Wildman–Crippen MR) is 114 cm³/mol. The van der Waals surface area contributed by atoms with Gasteiger partial charge in [-0.2, -0.15) is 0 Å². The molecule has 2 heterocycles. The van der Waals surface area contributed by atoms with Crippen LogP contribution in [0.2, 0.25) is 0 Å². The Labute approximate surface area is 175 Å². The number of rotatable bonds is 11. The lowest BCUT2D eigenvalue weighted by Gasteiger charge is -2.28. The molecule has 2 saturated heterocycles. The van der Waals surface area contributed by atoms with Crippen LogP contribution in [0, 0.1) is 0 Å². The number of ether oxygens (including phenoxy) is 3. The normalized spacial score (nSPS) is 19.6. The average molecular weight is 408 g/mol. The Bertz CT molecular complexity index is 604. The first-order chi connectivity index (χ1) is 14.1. The summed E-state index contributed by atoms with van der Waals surface area (Å²) in [6, 6.07) is 6.07. The van der Waals surface area contributed by atoms with E-state index in [1.807, 2.05) is 12.1 Å². The van der Waals surface area contributed by atoms with Crippen molar-refractivity contribution in [1.82, 2.24) is 14.7 Å². The molecule has 164 valence electrons. The lowest BCUT2D eigenvalue weighted by atomic mass is 10.2. The van der Waals surface area contributed by atoms with Crippen molar-refractivity contribution in [3.05, 3.63) is 23.8 Å². The van der Waals surface area contributed by atoms with Crippen LogP contribution in [0.5, 0.6) is 11.5 Å². The second-order valence-electron chi connectivity index (χ2n) is 8.15. The molecule has 2 fully saturated rings. The summed E-state index contributed by atoms with van der Waals surface area (Å²) in [5.41, 5.74) is 1.20. The van der Waals surface area contributed by atoms with Crippen molar-refractivity contribution in [2.45, 2.75) is 25.5 Å². The molecule has 0 aliphatic carbocycles. The van der Waals surface area contributed by atoms with Gasteiger partial charge >= 0.3 is 0 Å². The van der Waals surface area contributed by atoms with E-state index in [4.69, 9.17) is 14.2 Å². The number of nitrogens with zero attached hydrogens (tertiary/aromatic N) is 3. The van der Waals surface area contributed by atoms with E-state index in [2.05, 4.69) is 27.8 Å². The van der Waals surface area contributed by atoms with Crippen LogP contribution in [0.1, 0.15) is 18.4 Å². The molecular weight excluding hydrogens is 370 g/mol. The van der Waals surface area contributed by atoms with Crippen molar-refractivity contribution < 1.29 is 19.3 Å². The Morgan fingerprint density at radius 2 is 1.86 bits per heavy atom. The predicted octanol–water partition coefficient (Wildman–Crippen LogP) is 1.29. The fourth-order valence-corrected chi connectivity index (χ4v) is 3.96. The number of aliphatic hydroxyl groups excluding tert-OH is 1. The first-order valence-electron chi connectivity index (χ1n) is 10.8. The van der Waals surface area contributed by atoms with Gasteiger partial charge in [-0.1, -0.05) is 6.07 Å². The maximum Gasteiger partial charge on any atom is 0.161 e. The van der Waals surface area contributed by atoms with Crippen LogP contribution in [0.4, 0.5) is 0 Å². The first kappa shape index (κ1) is 22.3. The second-order valence-corrected chi connectivity index (χ2v) is 8.15.